The number of hydrogen-bond acceptors (Lipinski definition) is 12. The summed E-state index contributed by atoms with van der Waals surface area (Å²) in [6.07, 6.45) is -6.31. The second-order valence-electron chi connectivity index (χ2n) is 8.01. The number of ether oxygens (including phenoxy) is 5. The van der Waals surface area contributed by atoms with E-state index >= 15 is 0 Å². The van der Waals surface area contributed by atoms with Gasteiger partial charge in [0.25, 0.3) is 0 Å². The van der Waals surface area contributed by atoms with Crippen molar-refractivity contribution in [2.45, 2.75) is 30.7 Å². The molecule has 5 unspecified atom stereocenters. The number of aliphatic hydroxyl groups is 4. The predicted molar refractivity (Wildman–Crippen MR) is 117 cm³/mol. The number of aliphatic hydroxyl groups excluding tert-OH is 4. The lowest BCUT2D eigenvalue weighted by molar-refractivity contribution is -0.277. The minimum atomic E-state index is -1.65. The SMILES string of the molecule is COc1cc2c(cc1-c1coc3cc(OC4OC(CO)C(O)C(O)C4O)cc(O)c3c1=O)OCO2. The maximum atomic E-state index is 13.3. The Morgan fingerprint density at radius 3 is 2.46 bits per heavy atom. The lowest BCUT2D eigenvalue weighted by Gasteiger charge is -2.39. The normalized spacial score (nSPS) is 25.6. The molecule has 5 rings (SSSR count). The minimum absolute atomic E-state index is 0.0296. The van der Waals surface area contributed by atoms with Crippen molar-refractivity contribution in [3.8, 4) is 39.9 Å². The maximum Gasteiger partial charge on any atom is 0.231 e. The average Bonchev–Trinajstić information content (AvgIpc) is 3.31. The first kappa shape index (κ1) is 23.2. The van der Waals surface area contributed by atoms with E-state index in [0.29, 0.717) is 22.8 Å². The molecule has 12 nitrogen and oxygen atoms in total. The zero-order chi connectivity index (χ0) is 24.9. The van der Waals surface area contributed by atoms with Crippen molar-refractivity contribution in [2.75, 3.05) is 20.5 Å². The van der Waals surface area contributed by atoms with Gasteiger partial charge in [-0.1, -0.05) is 0 Å². The van der Waals surface area contributed by atoms with E-state index in [1.165, 1.54) is 19.4 Å². The van der Waals surface area contributed by atoms with Crippen LogP contribution in [0.3, 0.4) is 0 Å². The molecule has 186 valence electrons. The highest BCUT2D eigenvalue weighted by Crippen LogP contribution is 2.42. The van der Waals surface area contributed by atoms with E-state index in [1.807, 2.05) is 0 Å². The van der Waals surface area contributed by atoms with E-state index in [-0.39, 0.29) is 29.1 Å². The summed E-state index contributed by atoms with van der Waals surface area (Å²) < 4.78 is 32.5. The van der Waals surface area contributed by atoms with Crippen molar-refractivity contribution in [3.05, 3.63) is 40.8 Å². The Labute approximate surface area is 197 Å². The molecule has 2 aromatic carbocycles. The van der Waals surface area contributed by atoms with E-state index in [2.05, 4.69) is 0 Å². The van der Waals surface area contributed by atoms with Crippen LogP contribution in [0.1, 0.15) is 0 Å². The fraction of sp³-hybridized carbons (Fsp3) is 0.348. The van der Waals surface area contributed by atoms with Gasteiger partial charge < -0.3 is 53.6 Å². The topological polar surface area (TPSA) is 178 Å². The molecule has 0 bridgehead atoms. The first-order valence-electron chi connectivity index (χ1n) is 10.6. The van der Waals surface area contributed by atoms with Gasteiger partial charge in [-0.3, -0.25) is 4.79 Å². The number of hydrogen-bond donors (Lipinski definition) is 5. The molecule has 5 N–H and O–H groups in total. The minimum Gasteiger partial charge on any atom is -0.507 e. The number of rotatable bonds is 5. The van der Waals surface area contributed by atoms with Gasteiger partial charge in [0, 0.05) is 23.8 Å². The van der Waals surface area contributed by atoms with Crippen LogP contribution in [0.25, 0.3) is 22.1 Å². The maximum absolute atomic E-state index is 13.3. The van der Waals surface area contributed by atoms with Crippen LogP contribution in [0.5, 0.6) is 28.7 Å². The van der Waals surface area contributed by atoms with Gasteiger partial charge in [0.05, 0.1) is 19.3 Å². The first-order valence-corrected chi connectivity index (χ1v) is 10.6. The zero-order valence-corrected chi connectivity index (χ0v) is 18.3. The van der Waals surface area contributed by atoms with Crippen molar-refractivity contribution >= 4 is 11.0 Å². The molecule has 1 fully saturated rings. The highest BCUT2D eigenvalue weighted by Gasteiger charge is 2.44. The van der Waals surface area contributed by atoms with E-state index in [4.69, 9.17) is 28.1 Å². The van der Waals surface area contributed by atoms with Crippen LogP contribution in [0.4, 0.5) is 0 Å². The fourth-order valence-corrected chi connectivity index (χ4v) is 4.06. The third-order valence-electron chi connectivity index (χ3n) is 5.92. The molecule has 3 aromatic rings. The Morgan fingerprint density at radius 2 is 1.74 bits per heavy atom. The van der Waals surface area contributed by atoms with Gasteiger partial charge in [-0.25, -0.2) is 0 Å². The molecule has 12 heteroatoms. The van der Waals surface area contributed by atoms with Gasteiger partial charge in [0.2, 0.25) is 18.5 Å². The molecule has 0 saturated carbocycles. The third kappa shape index (κ3) is 3.90. The predicted octanol–water partition coefficient (Wildman–Crippen LogP) is 0.0816. The van der Waals surface area contributed by atoms with Crippen molar-refractivity contribution in [3.63, 3.8) is 0 Å². The summed E-state index contributed by atoms with van der Waals surface area (Å²) in [4.78, 5) is 13.3. The van der Waals surface area contributed by atoms with Crippen LogP contribution < -0.4 is 24.4 Å². The molecule has 0 amide bonds. The van der Waals surface area contributed by atoms with Crippen LogP contribution in [0.15, 0.2) is 39.7 Å². The highest BCUT2D eigenvalue weighted by atomic mass is 16.7. The standard InChI is InChI=1S/C23H22O12/c1-30-13-5-15-14(32-8-33-15)4-10(13)11-7-31-16-3-9(2-12(25)18(16)19(11)26)34-23-22(29)21(28)20(27)17(6-24)35-23/h2-5,7,17,20-25,27-29H,6,8H2,1H3. The van der Waals surface area contributed by atoms with Crippen molar-refractivity contribution in [2.24, 2.45) is 0 Å². The van der Waals surface area contributed by atoms with E-state index < -0.39 is 48.5 Å². The summed E-state index contributed by atoms with van der Waals surface area (Å²) in [6.45, 7) is -0.596. The molecule has 1 saturated heterocycles. The number of phenolic OH excluding ortho intramolecular Hbond substituents is 1. The van der Waals surface area contributed by atoms with Crippen LogP contribution in [-0.2, 0) is 4.74 Å². The fourth-order valence-electron chi connectivity index (χ4n) is 4.06. The van der Waals surface area contributed by atoms with E-state index in [9.17, 15) is 30.3 Å². The Bertz CT molecular complexity index is 1320. The lowest BCUT2D eigenvalue weighted by Crippen LogP contribution is -2.60. The second-order valence-corrected chi connectivity index (χ2v) is 8.01. The van der Waals surface area contributed by atoms with Gasteiger partial charge in [-0.2, -0.15) is 0 Å². The van der Waals surface area contributed by atoms with Crippen LogP contribution in [0, 0.1) is 0 Å². The summed E-state index contributed by atoms with van der Waals surface area (Å²) in [5.74, 6) is 0.692. The Kier molecular flexibility index (Phi) is 5.91. The Hall–Kier alpha value is -3.55. The summed E-state index contributed by atoms with van der Waals surface area (Å²) in [7, 11) is 1.43. The highest BCUT2D eigenvalue weighted by molar-refractivity contribution is 5.89. The quantitative estimate of drug-likeness (QED) is 0.326. The van der Waals surface area contributed by atoms with Crippen LogP contribution in [0.2, 0.25) is 0 Å². The average molecular weight is 490 g/mol. The zero-order valence-electron chi connectivity index (χ0n) is 18.3. The molecule has 0 aliphatic carbocycles. The van der Waals surface area contributed by atoms with Gasteiger partial charge in [0.15, 0.2) is 11.5 Å². The third-order valence-corrected chi connectivity index (χ3v) is 5.92. The monoisotopic (exact) mass is 490 g/mol. The van der Waals surface area contributed by atoms with Gasteiger partial charge in [-0.15, -0.1) is 0 Å². The van der Waals surface area contributed by atoms with Crippen molar-refractivity contribution < 1.29 is 53.6 Å². The van der Waals surface area contributed by atoms with Gasteiger partial charge in [0.1, 0.15) is 58.9 Å². The van der Waals surface area contributed by atoms with E-state index in [0.717, 1.165) is 6.07 Å². The first-order chi connectivity index (χ1) is 16.8. The summed E-state index contributed by atoms with van der Waals surface area (Å²) in [5, 5.41) is 49.8. The number of methoxy groups -OCH3 is 1. The largest absolute Gasteiger partial charge is 0.507 e. The van der Waals surface area contributed by atoms with Crippen LogP contribution in [-0.4, -0.2) is 76.7 Å². The number of benzene rings is 2. The Morgan fingerprint density at radius 1 is 1.00 bits per heavy atom. The molecule has 3 heterocycles. The molecule has 0 radical (unpaired) electrons. The summed E-state index contributed by atoms with van der Waals surface area (Å²) in [6, 6.07) is 5.56. The number of aromatic hydroxyl groups is 1. The molecule has 35 heavy (non-hydrogen) atoms. The van der Waals surface area contributed by atoms with Gasteiger partial charge >= 0.3 is 0 Å². The smallest absolute Gasteiger partial charge is 0.231 e. The molecular formula is C23H22O12. The summed E-state index contributed by atoms with van der Waals surface area (Å²) in [5.41, 5.74) is -0.114. The van der Waals surface area contributed by atoms with E-state index in [1.54, 1.807) is 12.1 Å². The molecule has 2 aliphatic heterocycles. The summed E-state index contributed by atoms with van der Waals surface area (Å²) >= 11 is 0. The Balaban J connectivity index is 1.51. The van der Waals surface area contributed by atoms with Gasteiger partial charge in [-0.05, 0) is 6.07 Å². The number of fused-ring (bicyclic) bond motifs is 2. The molecule has 1 aromatic heterocycles. The molecule has 5 atom stereocenters. The lowest BCUT2D eigenvalue weighted by atomic mass is 9.99. The van der Waals surface area contributed by atoms with Crippen LogP contribution >= 0.6 is 0 Å². The number of phenols is 1. The second kappa shape index (κ2) is 8.91. The van der Waals surface area contributed by atoms with Crippen molar-refractivity contribution in [1.82, 2.24) is 0 Å². The molecular weight excluding hydrogens is 468 g/mol. The van der Waals surface area contributed by atoms with Crippen molar-refractivity contribution in [1.29, 1.82) is 0 Å². The molecule has 0 spiro atoms. The molecule has 2 aliphatic rings.